The Morgan fingerprint density at radius 1 is 1.20 bits per heavy atom. The molecule has 25 heavy (non-hydrogen) atoms. The third kappa shape index (κ3) is 4.85. The molecular formula is C22H25F2N. The van der Waals surface area contributed by atoms with Crippen LogP contribution in [0.5, 0.6) is 0 Å². The van der Waals surface area contributed by atoms with Crippen molar-refractivity contribution in [3.05, 3.63) is 83.2 Å². The summed E-state index contributed by atoms with van der Waals surface area (Å²) in [6, 6.07) is 10.9. The highest BCUT2D eigenvalue weighted by Crippen LogP contribution is 2.30. The summed E-state index contributed by atoms with van der Waals surface area (Å²) in [4.78, 5) is 4.28. The van der Waals surface area contributed by atoms with Gasteiger partial charge in [-0.1, -0.05) is 50.8 Å². The number of halogens is 2. The molecular weight excluding hydrogens is 316 g/mol. The van der Waals surface area contributed by atoms with Gasteiger partial charge in [0.25, 0.3) is 5.92 Å². The van der Waals surface area contributed by atoms with Crippen molar-refractivity contribution in [3.63, 3.8) is 0 Å². The molecule has 1 heterocycles. The van der Waals surface area contributed by atoms with Crippen LogP contribution in [0.2, 0.25) is 0 Å². The van der Waals surface area contributed by atoms with Gasteiger partial charge in [0, 0.05) is 30.8 Å². The van der Waals surface area contributed by atoms with E-state index in [9.17, 15) is 8.78 Å². The van der Waals surface area contributed by atoms with Crippen LogP contribution in [0.1, 0.15) is 56.0 Å². The van der Waals surface area contributed by atoms with Crippen LogP contribution in [-0.2, 0) is 12.3 Å². The lowest BCUT2D eigenvalue weighted by molar-refractivity contribution is 0.0173. The van der Waals surface area contributed by atoms with E-state index < -0.39 is 5.92 Å². The van der Waals surface area contributed by atoms with E-state index in [1.54, 1.807) is 0 Å². The number of hydrogen-bond acceptors (Lipinski definition) is 1. The van der Waals surface area contributed by atoms with Gasteiger partial charge in [0.15, 0.2) is 0 Å². The molecule has 0 atom stereocenters. The molecule has 0 unspecified atom stereocenters. The fraction of sp³-hybridized carbons (Fsp3) is 0.318. The van der Waals surface area contributed by atoms with E-state index in [0.29, 0.717) is 12.1 Å². The molecule has 0 saturated heterocycles. The summed E-state index contributed by atoms with van der Waals surface area (Å²) in [5.41, 5.74) is 5.03. The second-order valence-electron chi connectivity index (χ2n) is 6.24. The van der Waals surface area contributed by atoms with Crippen molar-refractivity contribution in [3.8, 4) is 0 Å². The Morgan fingerprint density at radius 2 is 1.92 bits per heavy atom. The van der Waals surface area contributed by atoms with Gasteiger partial charge in [0.05, 0.1) is 0 Å². The molecule has 1 aromatic carbocycles. The molecule has 132 valence electrons. The van der Waals surface area contributed by atoms with Crippen LogP contribution in [0.3, 0.4) is 0 Å². The Morgan fingerprint density at radius 3 is 2.56 bits per heavy atom. The molecule has 0 saturated carbocycles. The van der Waals surface area contributed by atoms with E-state index in [1.165, 1.54) is 18.3 Å². The third-order valence-electron chi connectivity index (χ3n) is 4.22. The predicted molar refractivity (Wildman–Crippen MR) is 101 cm³/mol. The molecule has 0 amide bonds. The van der Waals surface area contributed by atoms with Gasteiger partial charge in [-0.25, -0.2) is 8.78 Å². The first kappa shape index (κ1) is 19.0. The van der Waals surface area contributed by atoms with E-state index in [-0.39, 0.29) is 5.56 Å². The molecule has 1 aromatic heterocycles. The largest absolute Gasteiger partial charge is 0.270 e. The lowest BCUT2D eigenvalue weighted by Crippen LogP contribution is -2.08. The smallest absolute Gasteiger partial charge is 0.261 e. The SMILES string of the molecule is C=C(CC)/C(=C/CC)c1ccccc1Cc1cc(C(C)(F)F)ccn1. The summed E-state index contributed by atoms with van der Waals surface area (Å²) in [6.07, 6.45) is 5.93. The minimum absolute atomic E-state index is 0.00253. The first-order valence-electron chi connectivity index (χ1n) is 8.66. The van der Waals surface area contributed by atoms with Gasteiger partial charge in [0.1, 0.15) is 0 Å². The van der Waals surface area contributed by atoms with Crippen molar-refractivity contribution < 1.29 is 8.78 Å². The maximum absolute atomic E-state index is 13.6. The van der Waals surface area contributed by atoms with Crippen molar-refractivity contribution in [2.24, 2.45) is 0 Å². The Kier molecular flexibility index (Phi) is 6.24. The topological polar surface area (TPSA) is 12.9 Å². The summed E-state index contributed by atoms with van der Waals surface area (Å²) in [5, 5.41) is 0. The number of benzene rings is 1. The molecule has 0 fully saturated rings. The molecule has 0 aliphatic heterocycles. The molecule has 0 spiro atoms. The van der Waals surface area contributed by atoms with Crippen molar-refractivity contribution in [1.29, 1.82) is 0 Å². The normalized spacial score (nSPS) is 12.3. The van der Waals surface area contributed by atoms with Gasteiger partial charge in [-0.3, -0.25) is 4.98 Å². The number of nitrogens with zero attached hydrogens (tertiary/aromatic N) is 1. The Hall–Kier alpha value is -2.29. The zero-order valence-corrected chi connectivity index (χ0v) is 15.2. The maximum Gasteiger partial charge on any atom is 0.270 e. The summed E-state index contributed by atoms with van der Waals surface area (Å²) in [6.45, 7) is 9.27. The van der Waals surface area contributed by atoms with Crippen LogP contribution in [0, 0.1) is 0 Å². The number of allylic oxidation sites excluding steroid dienone is 3. The van der Waals surface area contributed by atoms with Crippen LogP contribution in [0.4, 0.5) is 8.78 Å². The molecule has 0 N–H and O–H groups in total. The predicted octanol–water partition coefficient (Wildman–Crippen LogP) is 6.54. The van der Waals surface area contributed by atoms with E-state index >= 15 is 0 Å². The standard InChI is InChI=1S/C22H25F2N/c1-5-9-20(16(3)6-2)21-11-8-7-10-17(21)14-19-15-18(12-13-25-19)22(4,23)24/h7-13,15H,3,5-6,14H2,1-2,4H3/b20-9-. The summed E-state index contributed by atoms with van der Waals surface area (Å²) in [7, 11) is 0. The lowest BCUT2D eigenvalue weighted by atomic mass is 9.90. The molecule has 1 nitrogen and oxygen atoms in total. The number of pyridine rings is 1. The quantitative estimate of drug-likeness (QED) is 0.521. The Bertz CT molecular complexity index is 770. The zero-order chi connectivity index (χ0) is 18.4. The van der Waals surface area contributed by atoms with Crippen molar-refractivity contribution in [2.75, 3.05) is 0 Å². The first-order valence-corrected chi connectivity index (χ1v) is 8.66. The highest BCUT2D eigenvalue weighted by molar-refractivity contribution is 5.80. The van der Waals surface area contributed by atoms with Gasteiger partial charge in [0.2, 0.25) is 0 Å². The molecule has 2 rings (SSSR count). The van der Waals surface area contributed by atoms with Crippen molar-refractivity contribution in [1.82, 2.24) is 4.98 Å². The minimum Gasteiger partial charge on any atom is -0.261 e. The van der Waals surface area contributed by atoms with Crippen LogP contribution < -0.4 is 0 Å². The van der Waals surface area contributed by atoms with Crippen LogP contribution in [0.25, 0.3) is 5.57 Å². The highest BCUT2D eigenvalue weighted by atomic mass is 19.3. The highest BCUT2D eigenvalue weighted by Gasteiger charge is 2.24. The third-order valence-corrected chi connectivity index (χ3v) is 4.22. The van der Waals surface area contributed by atoms with E-state index in [0.717, 1.165) is 42.0 Å². The molecule has 0 aliphatic rings. The molecule has 0 radical (unpaired) electrons. The summed E-state index contributed by atoms with van der Waals surface area (Å²) >= 11 is 0. The minimum atomic E-state index is -2.86. The fourth-order valence-electron chi connectivity index (χ4n) is 2.82. The first-order chi connectivity index (χ1) is 11.9. The van der Waals surface area contributed by atoms with Crippen molar-refractivity contribution >= 4 is 5.57 Å². The lowest BCUT2D eigenvalue weighted by Gasteiger charge is -2.16. The van der Waals surface area contributed by atoms with Crippen molar-refractivity contribution in [2.45, 2.75) is 46.0 Å². The second kappa shape index (κ2) is 8.19. The number of hydrogen-bond donors (Lipinski definition) is 0. The van der Waals surface area contributed by atoms with Crippen LogP contribution in [0.15, 0.2) is 60.8 Å². The maximum atomic E-state index is 13.6. The Balaban J connectivity index is 2.42. The fourth-order valence-corrected chi connectivity index (χ4v) is 2.82. The van der Waals surface area contributed by atoms with Gasteiger partial charge < -0.3 is 0 Å². The summed E-state index contributed by atoms with van der Waals surface area (Å²) in [5.74, 6) is -2.86. The summed E-state index contributed by atoms with van der Waals surface area (Å²) < 4.78 is 27.2. The van der Waals surface area contributed by atoms with E-state index in [1.807, 2.05) is 18.2 Å². The monoisotopic (exact) mass is 341 g/mol. The van der Waals surface area contributed by atoms with Gasteiger partial charge >= 0.3 is 0 Å². The second-order valence-corrected chi connectivity index (χ2v) is 6.24. The average molecular weight is 341 g/mol. The van der Waals surface area contributed by atoms with Gasteiger partial charge in [-0.2, -0.15) is 0 Å². The zero-order valence-electron chi connectivity index (χ0n) is 15.2. The van der Waals surface area contributed by atoms with E-state index in [4.69, 9.17) is 0 Å². The number of aromatic nitrogens is 1. The van der Waals surface area contributed by atoms with Crippen LogP contribution in [-0.4, -0.2) is 4.98 Å². The number of rotatable bonds is 7. The van der Waals surface area contributed by atoms with Crippen LogP contribution >= 0.6 is 0 Å². The average Bonchev–Trinajstić information content (AvgIpc) is 2.59. The van der Waals surface area contributed by atoms with Gasteiger partial charge in [-0.15, -0.1) is 0 Å². The van der Waals surface area contributed by atoms with Gasteiger partial charge in [-0.05, 0) is 47.2 Å². The number of alkyl halides is 2. The molecule has 0 bridgehead atoms. The Labute approximate surface area is 149 Å². The molecule has 0 aliphatic carbocycles. The molecule has 3 heteroatoms. The van der Waals surface area contributed by atoms with E-state index in [2.05, 4.69) is 37.6 Å². The molecule has 2 aromatic rings.